The van der Waals surface area contributed by atoms with Gasteiger partial charge in [-0.05, 0) is 42.9 Å². The smallest absolute Gasteiger partial charge is 0.188 e. The Morgan fingerprint density at radius 1 is 1.42 bits per heavy atom. The normalized spacial score (nSPS) is 21.1. The number of benzene rings is 1. The quantitative estimate of drug-likeness (QED) is 0.487. The molecule has 3 N–H and O–H groups in total. The number of sulfone groups is 1. The molecule has 0 bridgehead atoms. The average molecular weight is 320 g/mol. The fraction of sp³-hybridized carbons (Fsp3) is 0.364. The molecule has 1 heterocycles. The van der Waals surface area contributed by atoms with Gasteiger partial charge >= 0.3 is 0 Å². The van der Waals surface area contributed by atoms with E-state index in [9.17, 15) is 8.42 Å². The topological polar surface area (TPSA) is 75.4 Å². The minimum absolute atomic E-state index is 0.0476. The van der Waals surface area contributed by atoms with E-state index in [2.05, 4.69) is 5.32 Å². The Bertz CT molecular complexity index is 574. The third-order valence-corrected chi connectivity index (χ3v) is 5.25. The molecule has 1 aliphatic rings. The molecule has 1 unspecified atom stereocenters. The van der Waals surface area contributed by atoms with Crippen LogP contribution < -0.4 is 11.2 Å². The van der Waals surface area contributed by atoms with E-state index in [4.69, 9.17) is 29.7 Å². The summed E-state index contributed by atoms with van der Waals surface area (Å²) in [6, 6.07) is 6.74. The number of nitrogens with two attached hydrogens (primary N) is 1. The molecule has 1 aromatic carbocycles. The van der Waals surface area contributed by atoms with Crippen LogP contribution in [-0.2, 0) is 9.84 Å². The number of nitrogens with one attached hydrogen (secondary N) is 1. The molecule has 19 heavy (non-hydrogen) atoms. The predicted molar refractivity (Wildman–Crippen MR) is 80.8 cm³/mol. The monoisotopic (exact) mass is 319 g/mol. The molecule has 8 heteroatoms. The van der Waals surface area contributed by atoms with E-state index in [-0.39, 0.29) is 17.5 Å². The second-order valence-electron chi connectivity index (χ2n) is 4.40. The van der Waals surface area contributed by atoms with Crippen LogP contribution in [0.5, 0.6) is 0 Å². The lowest BCUT2D eigenvalue weighted by molar-refractivity contribution is 0.352. The lowest BCUT2D eigenvalue weighted by Gasteiger charge is -2.25. The van der Waals surface area contributed by atoms with Gasteiger partial charge in [0.1, 0.15) is 0 Å². The van der Waals surface area contributed by atoms with Crippen molar-refractivity contribution in [1.29, 1.82) is 0 Å². The van der Waals surface area contributed by atoms with Gasteiger partial charge < -0.3 is 5.32 Å². The summed E-state index contributed by atoms with van der Waals surface area (Å²) >= 11 is 10.9. The lowest BCUT2D eigenvalue weighted by atomic mass is 10.2. The Labute approximate surface area is 122 Å². The Kier molecular flexibility index (Phi) is 4.29. The SMILES string of the molecule is NN(C(=S)Nc1ccc(Cl)cc1)C1CCS(=O)(=O)C1. The molecule has 1 atom stereocenters. The summed E-state index contributed by atoms with van der Waals surface area (Å²) in [5.74, 6) is 6.07. The van der Waals surface area contributed by atoms with E-state index in [0.717, 1.165) is 5.69 Å². The Morgan fingerprint density at radius 2 is 2.05 bits per heavy atom. The van der Waals surface area contributed by atoms with E-state index in [1.54, 1.807) is 24.3 Å². The van der Waals surface area contributed by atoms with E-state index in [1.165, 1.54) is 5.01 Å². The van der Waals surface area contributed by atoms with E-state index in [0.29, 0.717) is 16.6 Å². The van der Waals surface area contributed by atoms with Crippen LogP contribution in [0.25, 0.3) is 0 Å². The van der Waals surface area contributed by atoms with Crippen molar-refractivity contribution in [2.45, 2.75) is 12.5 Å². The summed E-state index contributed by atoms with van der Waals surface area (Å²) in [4.78, 5) is 0. The van der Waals surface area contributed by atoms with Gasteiger partial charge in [0.25, 0.3) is 0 Å². The molecule has 0 aliphatic carbocycles. The summed E-state index contributed by atoms with van der Waals surface area (Å²) in [5.41, 5.74) is 0.755. The third kappa shape index (κ3) is 3.79. The fourth-order valence-corrected chi connectivity index (χ4v) is 3.99. The first kappa shape index (κ1) is 14.5. The van der Waals surface area contributed by atoms with Crippen molar-refractivity contribution >= 4 is 44.5 Å². The van der Waals surface area contributed by atoms with Gasteiger partial charge in [-0.1, -0.05) is 11.6 Å². The van der Waals surface area contributed by atoms with Gasteiger partial charge in [0.05, 0.1) is 17.5 Å². The van der Waals surface area contributed by atoms with Gasteiger partial charge in [-0.15, -0.1) is 0 Å². The number of nitrogens with zero attached hydrogens (tertiary/aromatic N) is 1. The maximum absolute atomic E-state index is 11.4. The van der Waals surface area contributed by atoms with Crippen molar-refractivity contribution in [2.24, 2.45) is 5.84 Å². The van der Waals surface area contributed by atoms with Crippen LogP contribution in [0, 0.1) is 0 Å². The summed E-state index contributed by atoms with van der Waals surface area (Å²) in [5, 5.41) is 5.19. The van der Waals surface area contributed by atoms with E-state index >= 15 is 0 Å². The van der Waals surface area contributed by atoms with Crippen molar-refractivity contribution in [3.8, 4) is 0 Å². The molecule has 1 saturated heterocycles. The average Bonchev–Trinajstić information content (AvgIpc) is 2.71. The molecule has 2 rings (SSSR count). The highest BCUT2D eigenvalue weighted by Gasteiger charge is 2.32. The number of halogens is 1. The number of thiocarbonyl (C=S) groups is 1. The zero-order chi connectivity index (χ0) is 14.0. The van der Waals surface area contributed by atoms with Gasteiger partial charge in [0.2, 0.25) is 0 Å². The second-order valence-corrected chi connectivity index (χ2v) is 7.45. The number of anilines is 1. The summed E-state index contributed by atoms with van der Waals surface area (Å²) in [6.07, 6.45) is 0.501. The molecule has 1 aromatic rings. The zero-order valence-electron chi connectivity index (χ0n) is 10.0. The molecule has 104 valence electrons. The highest BCUT2D eigenvalue weighted by Crippen LogP contribution is 2.17. The molecular weight excluding hydrogens is 306 g/mol. The first-order valence-electron chi connectivity index (χ1n) is 5.68. The molecule has 1 aliphatic heterocycles. The molecular formula is C11H14ClN3O2S2. The number of rotatable bonds is 2. The Balaban J connectivity index is 1.98. The van der Waals surface area contributed by atoms with Crippen molar-refractivity contribution in [3.05, 3.63) is 29.3 Å². The van der Waals surface area contributed by atoms with Crippen LogP contribution >= 0.6 is 23.8 Å². The molecule has 0 saturated carbocycles. The summed E-state index contributed by atoms with van der Waals surface area (Å²) in [6.45, 7) is 0. The van der Waals surface area contributed by atoms with Crippen LogP contribution in [-0.4, -0.2) is 36.1 Å². The van der Waals surface area contributed by atoms with Crippen molar-refractivity contribution in [1.82, 2.24) is 5.01 Å². The minimum Gasteiger partial charge on any atom is -0.332 e. The standard InChI is InChI=1S/C11H14ClN3O2S2/c12-8-1-3-9(4-2-8)14-11(18)15(13)10-5-6-19(16,17)7-10/h1-4,10H,5-7,13H2,(H,14,18). The fourth-order valence-electron chi connectivity index (χ4n) is 1.88. The van der Waals surface area contributed by atoms with Gasteiger partial charge in [0.15, 0.2) is 14.9 Å². The number of hydrazine groups is 1. The molecule has 0 spiro atoms. The number of hydrogen-bond acceptors (Lipinski definition) is 4. The Morgan fingerprint density at radius 3 is 2.58 bits per heavy atom. The van der Waals surface area contributed by atoms with Gasteiger partial charge in [-0.2, -0.15) is 0 Å². The van der Waals surface area contributed by atoms with Crippen molar-refractivity contribution in [3.63, 3.8) is 0 Å². The lowest BCUT2D eigenvalue weighted by Crippen LogP contribution is -2.48. The first-order valence-corrected chi connectivity index (χ1v) is 8.29. The Hall–Kier alpha value is -0.890. The zero-order valence-corrected chi connectivity index (χ0v) is 12.4. The third-order valence-electron chi connectivity index (χ3n) is 2.93. The van der Waals surface area contributed by atoms with Gasteiger partial charge in [-0.3, -0.25) is 5.01 Å². The second kappa shape index (κ2) is 5.62. The molecule has 5 nitrogen and oxygen atoms in total. The van der Waals surface area contributed by atoms with Crippen LogP contribution in [0.4, 0.5) is 5.69 Å². The summed E-state index contributed by atoms with van der Waals surface area (Å²) in [7, 11) is -2.98. The minimum atomic E-state index is -2.98. The van der Waals surface area contributed by atoms with Crippen molar-refractivity contribution < 1.29 is 8.42 Å². The molecule has 0 amide bonds. The van der Waals surface area contributed by atoms with E-state index < -0.39 is 9.84 Å². The summed E-state index contributed by atoms with van der Waals surface area (Å²) < 4.78 is 22.8. The molecule has 0 radical (unpaired) electrons. The highest BCUT2D eigenvalue weighted by atomic mass is 35.5. The van der Waals surface area contributed by atoms with Crippen LogP contribution in [0.15, 0.2) is 24.3 Å². The predicted octanol–water partition coefficient (Wildman–Crippen LogP) is 1.40. The van der Waals surface area contributed by atoms with Crippen LogP contribution in [0.1, 0.15) is 6.42 Å². The van der Waals surface area contributed by atoms with E-state index in [1.807, 2.05) is 0 Å². The van der Waals surface area contributed by atoms with Crippen LogP contribution in [0.3, 0.4) is 0 Å². The molecule has 1 fully saturated rings. The largest absolute Gasteiger partial charge is 0.332 e. The molecule has 0 aromatic heterocycles. The van der Waals surface area contributed by atoms with Gasteiger partial charge in [-0.25, -0.2) is 14.3 Å². The first-order chi connectivity index (χ1) is 8.87. The maximum Gasteiger partial charge on any atom is 0.188 e. The maximum atomic E-state index is 11.4. The number of hydrogen-bond donors (Lipinski definition) is 2. The van der Waals surface area contributed by atoms with Gasteiger partial charge in [0, 0.05) is 10.7 Å². The highest BCUT2D eigenvalue weighted by molar-refractivity contribution is 7.91. The van der Waals surface area contributed by atoms with Crippen LogP contribution in [0.2, 0.25) is 5.02 Å². The van der Waals surface area contributed by atoms with Crippen molar-refractivity contribution in [2.75, 3.05) is 16.8 Å².